The third-order valence-corrected chi connectivity index (χ3v) is 5.07. The molecule has 3 nitrogen and oxygen atoms in total. The molecular weight excluding hydrogens is 236 g/mol. The van der Waals surface area contributed by atoms with Gasteiger partial charge in [0.2, 0.25) is 0 Å². The number of ether oxygens (including phenoxy) is 1. The van der Waals surface area contributed by atoms with Crippen molar-refractivity contribution in [2.75, 3.05) is 19.7 Å². The summed E-state index contributed by atoms with van der Waals surface area (Å²) in [6.07, 6.45) is 6.08. The van der Waals surface area contributed by atoms with Crippen LogP contribution < -0.4 is 5.32 Å². The summed E-state index contributed by atoms with van der Waals surface area (Å²) in [6.45, 7) is 12.5. The maximum atomic E-state index is 5.93. The first-order valence-electron chi connectivity index (χ1n) is 8.16. The van der Waals surface area contributed by atoms with Crippen molar-refractivity contribution in [1.82, 2.24) is 10.2 Å². The van der Waals surface area contributed by atoms with Gasteiger partial charge < -0.3 is 15.0 Å². The average molecular weight is 268 g/mol. The molecule has 3 heteroatoms. The smallest absolute Gasteiger partial charge is 0.0666 e. The van der Waals surface area contributed by atoms with Crippen LogP contribution in [0.15, 0.2) is 0 Å². The molecule has 0 bridgehead atoms. The van der Waals surface area contributed by atoms with Gasteiger partial charge in [0.15, 0.2) is 0 Å². The molecule has 2 fully saturated rings. The molecule has 0 radical (unpaired) electrons. The van der Waals surface area contributed by atoms with Crippen LogP contribution in [0.4, 0.5) is 0 Å². The zero-order valence-corrected chi connectivity index (χ0v) is 13.2. The maximum absolute atomic E-state index is 5.93. The first-order chi connectivity index (χ1) is 9.02. The van der Waals surface area contributed by atoms with Gasteiger partial charge in [0, 0.05) is 24.7 Å². The van der Waals surface area contributed by atoms with Crippen molar-refractivity contribution in [1.29, 1.82) is 0 Å². The van der Waals surface area contributed by atoms with Crippen LogP contribution in [0.2, 0.25) is 0 Å². The van der Waals surface area contributed by atoms with Gasteiger partial charge in [-0.05, 0) is 66.0 Å². The molecule has 2 atom stereocenters. The van der Waals surface area contributed by atoms with E-state index >= 15 is 0 Å². The maximum Gasteiger partial charge on any atom is 0.0666 e. The number of hydrogen-bond donors (Lipinski definition) is 1. The fourth-order valence-electron chi connectivity index (χ4n) is 3.43. The van der Waals surface area contributed by atoms with Gasteiger partial charge >= 0.3 is 0 Å². The van der Waals surface area contributed by atoms with Crippen molar-refractivity contribution in [3.63, 3.8) is 0 Å². The van der Waals surface area contributed by atoms with Gasteiger partial charge in [-0.1, -0.05) is 6.92 Å². The summed E-state index contributed by atoms with van der Waals surface area (Å²) in [5, 5.41) is 3.90. The molecule has 0 saturated carbocycles. The van der Waals surface area contributed by atoms with Crippen LogP contribution in [0.1, 0.15) is 59.8 Å². The van der Waals surface area contributed by atoms with Crippen LogP contribution in [-0.2, 0) is 4.74 Å². The van der Waals surface area contributed by atoms with Crippen molar-refractivity contribution < 1.29 is 4.74 Å². The Morgan fingerprint density at radius 1 is 1.21 bits per heavy atom. The lowest BCUT2D eigenvalue weighted by molar-refractivity contribution is -0.0798. The second-order valence-corrected chi connectivity index (χ2v) is 6.91. The Hall–Kier alpha value is -0.120. The Balaban J connectivity index is 1.76. The van der Waals surface area contributed by atoms with E-state index in [4.69, 9.17) is 4.74 Å². The summed E-state index contributed by atoms with van der Waals surface area (Å²) in [6, 6.07) is 2.08. The van der Waals surface area contributed by atoms with Crippen molar-refractivity contribution >= 4 is 0 Å². The number of hydrogen-bond acceptors (Lipinski definition) is 3. The zero-order valence-electron chi connectivity index (χ0n) is 13.2. The van der Waals surface area contributed by atoms with E-state index in [1.54, 1.807) is 0 Å². The molecule has 2 saturated heterocycles. The number of likely N-dealkylation sites (tertiary alicyclic amines) is 1. The molecule has 0 aliphatic carbocycles. The molecule has 2 unspecified atom stereocenters. The molecule has 0 amide bonds. The summed E-state index contributed by atoms with van der Waals surface area (Å²) in [4.78, 5) is 2.60. The first kappa shape index (κ1) is 15.3. The standard InChI is InChI=1S/C16H32N2O/c1-5-16(4)12-15(8-11-19-16)17-14-6-9-18(10-7-14)13(2)3/h13-15,17H,5-12H2,1-4H3. The molecule has 19 heavy (non-hydrogen) atoms. The highest BCUT2D eigenvalue weighted by Crippen LogP contribution is 2.28. The SMILES string of the molecule is CCC1(C)CC(NC2CCN(C(C)C)CC2)CCO1. The quantitative estimate of drug-likeness (QED) is 0.848. The van der Waals surface area contributed by atoms with E-state index in [1.165, 1.54) is 38.8 Å². The van der Waals surface area contributed by atoms with Crippen molar-refractivity contribution in [2.45, 2.75) is 83.5 Å². The molecule has 112 valence electrons. The lowest BCUT2D eigenvalue weighted by Crippen LogP contribution is -2.51. The number of nitrogens with zero attached hydrogens (tertiary/aromatic N) is 1. The molecule has 2 heterocycles. The van der Waals surface area contributed by atoms with Crippen molar-refractivity contribution in [3.05, 3.63) is 0 Å². The number of piperidine rings is 1. The monoisotopic (exact) mass is 268 g/mol. The Labute approximate surface area is 119 Å². The zero-order chi connectivity index (χ0) is 13.9. The van der Waals surface area contributed by atoms with E-state index in [0.29, 0.717) is 12.1 Å². The third kappa shape index (κ3) is 4.17. The minimum absolute atomic E-state index is 0.106. The highest BCUT2D eigenvalue weighted by Gasteiger charge is 2.33. The van der Waals surface area contributed by atoms with Gasteiger partial charge in [-0.25, -0.2) is 0 Å². The molecule has 0 aromatic heterocycles. The Morgan fingerprint density at radius 2 is 1.89 bits per heavy atom. The second-order valence-electron chi connectivity index (χ2n) is 6.91. The summed E-state index contributed by atoms with van der Waals surface area (Å²) >= 11 is 0. The van der Waals surface area contributed by atoms with E-state index in [1.807, 2.05) is 0 Å². The third-order valence-electron chi connectivity index (χ3n) is 5.07. The van der Waals surface area contributed by atoms with Crippen molar-refractivity contribution in [2.24, 2.45) is 0 Å². The normalized spacial score (nSPS) is 34.9. The number of nitrogens with one attached hydrogen (secondary N) is 1. The number of rotatable bonds is 4. The second kappa shape index (κ2) is 6.55. The topological polar surface area (TPSA) is 24.5 Å². The largest absolute Gasteiger partial charge is 0.375 e. The molecular formula is C16H32N2O. The van der Waals surface area contributed by atoms with E-state index in [2.05, 4.69) is 37.9 Å². The Morgan fingerprint density at radius 3 is 2.47 bits per heavy atom. The molecule has 0 aromatic rings. The lowest BCUT2D eigenvalue weighted by Gasteiger charge is -2.41. The van der Waals surface area contributed by atoms with Gasteiger partial charge in [0.25, 0.3) is 0 Å². The summed E-state index contributed by atoms with van der Waals surface area (Å²) in [5.41, 5.74) is 0.106. The van der Waals surface area contributed by atoms with E-state index in [0.717, 1.165) is 19.1 Å². The van der Waals surface area contributed by atoms with Gasteiger partial charge in [-0.2, -0.15) is 0 Å². The highest BCUT2D eigenvalue weighted by molar-refractivity contribution is 4.89. The van der Waals surface area contributed by atoms with E-state index in [-0.39, 0.29) is 5.60 Å². The van der Waals surface area contributed by atoms with Crippen LogP contribution in [0.5, 0.6) is 0 Å². The molecule has 2 aliphatic heterocycles. The lowest BCUT2D eigenvalue weighted by atomic mass is 9.89. The highest BCUT2D eigenvalue weighted by atomic mass is 16.5. The van der Waals surface area contributed by atoms with E-state index in [9.17, 15) is 0 Å². The summed E-state index contributed by atoms with van der Waals surface area (Å²) < 4.78 is 5.93. The average Bonchev–Trinajstić information content (AvgIpc) is 2.39. The van der Waals surface area contributed by atoms with Crippen LogP contribution in [0.3, 0.4) is 0 Å². The molecule has 0 spiro atoms. The van der Waals surface area contributed by atoms with Gasteiger partial charge in [0.1, 0.15) is 0 Å². The fraction of sp³-hybridized carbons (Fsp3) is 1.00. The fourth-order valence-corrected chi connectivity index (χ4v) is 3.43. The van der Waals surface area contributed by atoms with E-state index < -0.39 is 0 Å². The molecule has 2 aliphatic rings. The van der Waals surface area contributed by atoms with Crippen LogP contribution in [0, 0.1) is 0 Å². The Kier molecular flexibility index (Phi) is 5.27. The molecule has 2 rings (SSSR count). The summed E-state index contributed by atoms with van der Waals surface area (Å²) in [7, 11) is 0. The predicted molar refractivity (Wildman–Crippen MR) is 80.5 cm³/mol. The molecule has 1 N–H and O–H groups in total. The van der Waals surface area contributed by atoms with Crippen LogP contribution >= 0.6 is 0 Å². The van der Waals surface area contributed by atoms with Gasteiger partial charge in [0.05, 0.1) is 5.60 Å². The van der Waals surface area contributed by atoms with Gasteiger partial charge in [-0.3, -0.25) is 0 Å². The minimum atomic E-state index is 0.106. The van der Waals surface area contributed by atoms with Crippen LogP contribution in [-0.4, -0.2) is 48.3 Å². The van der Waals surface area contributed by atoms with Crippen molar-refractivity contribution in [3.8, 4) is 0 Å². The first-order valence-corrected chi connectivity index (χ1v) is 8.16. The molecule has 0 aromatic carbocycles. The van der Waals surface area contributed by atoms with Gasteiger partial charge in [-0.15, -0.1) is 0 Å². The predicted octanol–water partition coefficient (Wildman–Crippen LogP) is 2.80. The summed E-state index contributed by atoms with van der Waals surface area (Å²) in [5.74, 6) is 0. The van der Waals surface area contributed by atoms with Crippen LogP contribution in [0.25, 0.3) is 0 Å². The minimum Gasteiger partial charge on any atom is -0.375 e. The Bertz CT molecular complexity index is 274.